The highest BCUT2D eigenvalue weighted by atomic mass is 15.5. The van der Waals surface area contributed by atoms with Gasteiger partial charge in [-0.3, -0.25) is 0 Å². The minimum absolute atomic E-state index is 0.464. The Labute approximate surface area is 143 Å². The maximum atomic E-state index is 4.07. The number of tetrazole rings is 1. The van der Waals surface area contributed by atoms with Gasteiger partial charge in [-0.1, -0.05) is 97.3 Å². The van der Waals surface area contributed by atoms with Crippen LogP contribution in [0.4, 0.5) is 0 Å². The van der Waals surface area contributed by atoms with Gasteiger partial charge in [0.05, 0.1) is 0 Å². The Hall–Kier alpha value is -0.930. The molecule has 0 amide bonds. The van der Waals surface area contributed by atoms with Crippen LogP contribution < -0.4 is 0 Å². The molecule has 0 spiro atoms. The van der Waals surface area contributed by atoms with Gasteiger partial charge >= 0.3 is 0 Å². The van der Waals surface area contributed by atoms with Crippen molar-refractivity contribution in [1.82, 2.24) is 20.6 Å². The van der Waals surface area contributed by atoms with Crippen LogP contribution in [0.15, 0.2) is 0 Å². The minimum atomic E-state index is 0.464. The smallest absolute Gasteiger partial charge is 0.151 e. The summed E-state index contributed by atoms with van der Waals surface area (Å²) in [7, 11) is 0. The molecule has 0 saturated carbocycles. The third kappa shape index (κ3) is 10.5. The number of aromatic amines is 1. The van der Waals surface area contributed by atoms with Gasteiger partial charge < -0.3 is 0 Å². The van der Waals surface area contributed by atoms with Crippen LogP contribution in [0.3, 0.4) is 0 Å². The van der Waals surface area contributed by atoms with Gasteiger partial charge in [-0.2, -0.15) is 0 Å². The van der Waals surface area contributed by atoms with Crippen LogP contribution in [-0.2, 0) is 0 Å². The number of hydrogen-bond donors (Lipinski definition) is 1. The second-order valence-corrected chi connectivity index (χ2v) is 6.80. The number of hydrogen-bond acceptors (Lipinski definition) is 3. The first kappa shape index (κ1) is 20.1. The number of aromatic nitrogens is 4. The van der Waals surface area contributed by atoms with Crippen molar-refractivity contribution in [3.63, 3.8) is 0 Å². The second kappa shape index (κ2) is 14.6. The van der Waals surface area contributed by atoms with Gasteiger partial charge in [0.25, 0.3) is 0 Å². The first-order chi connectivity index (χ1) is 11.4. The molecule has 1 radical (unpaired) electrons. The van der Waals surface area contributed by atoms with Crippen molar-refractivity contribution in [3.05, 3.63) is 12.7 Å². The highest BCUT2D eigenvalue weighted by Crippen LogP contribution is 2.24. The lowest BCUT2D eigenvalue weighted by molar-refractivity contribution is 0.495. The summed E-state index contributed by atoms with van der Waals surface area (Å²) in [5, 5.41) is 14.4. The SMILES string of the molecule is [CH2]CCC(CCCCCCCCCCCCCC)c1nnn[nH]1. The summed E-state index contributed by atoms with van der Waals surface area (Å²) >= 11 is 0. The van der Waals surface area contributed by atoms with Crippen molar-refractivity contribution in [1.29, 1.82) is 0 Å². The van der Waals surface area contributed by atoms with Crippen molar-refractivity contribution in [2.45, 2.75) is 109 Å². The highest BCUT2D eigenvalue weighted by molar-refractivity contribution is 4.90. The topological polar surface area (TPSA) is 54.5 Å². The third-order valence-electron chi connectivity index (χ3n) is 4.71. The lowest BCUT2D eigenvalue weighted by Crippen LogP contribution is -2.01. The normalized spacial score (nSPS) is 12.6. The zero-order chi connectivity index (χ0) is 16.6. The van der Waals surface area contributed by atoms with Crippen molar-refractivity contribution in [3.8, 4) is 0 Å². The van der Waals surface area contributed by atoms with Crippen molar-refractivity contribution >= 4 is 0 Å². The summed E-state index contributed by atoms with van der Waals surface area (Å²) in [6.45, 7) is 6.24. The van der Waals surface area contributed by atoms with Crippen LogP contribution in [0.1, 0.15) is 115 Å². The molecule has 0 saturated heterocycles. The van der Waals surface area contributed by atoms with Crippen LogP contribution in [0.2, 0.25) is 0 Å². The minimum Gasteiger partial charge on any atom is -0.243 e. The van der Waals surface area contributed by atoms with Crippen molar-refractivity contribution in [2.75, 3.05) is 0 Å². The molecule has 0 aliphatic heterocycles. The largest absolute Gasteiger partial charge is 0.243 e. The Bertz CT molecular complexity index is 337. The predicted molar refractivity (Wildman–Crippen MR) is 97.2 cm³/mol. The summed E-state index contributed by atoms with van der Waals surface area (Å²) < 4.78 is 0. The average molecular weight is 322 g/mol. The fraction of sp³-hybridized carbons (Fsp3) is 0.895. The Kier molecular flexibility index (Phi) is 12.8. The molecule has 1 aromatic rings. The monoisotopic (exact) mass is 321 g/mol. The van der Waals surface area contributed by atoms with E-state index in [1.807, 2.05) is 0 Å². The van der Waals surface area contributed by atoms with Gasteiger partial charge in [-0.15, -0.1) is 5.10 Å². The lowest BCUT2D eigenvalue weighted by Gasteiger charge is -2.12. The third-order valence-corrected chi connectivity index (χ3v) is 4.71. The van der Waals surface area contributed by atoms with Gasteiger partial charge in [0, 0.05) is 5.92 Å². The quantitative estimate of drug-likeness (QED) is 0.380. The molecule has 1 unspecified atom stereocenters. The number of nitrogens with zero attached hydrogens (tertiary/aromatic N) is 3. The van der Waals surface area contributed by atoms with Crippen LogP contribution in [0.5, 0.6) is 0 Å². The number of H-pyrrole nitrogens is 1. The maximum Gasteiger partial charge on any atom is 0.151 e. The molecule has 1 heterocycles. The Morgan fingerprint density at radius 1 is 0.826 bits per heavy atom. The predicted octanol–water partition coefficient (Wildman–Crippen LogP) is 5.99. The van der Waals surface area contributed by atoms with Crippen LogP contribution in [0, 0.1) is 6.92 Å². The van der Waals surface area contributed by atoms with Crippen LogP contribution in [0.25, 0.3) is 0 Å². The molecule has 0 aliphatic carbocycles. The standard InChI is InChI=1S/C19H37N4/c1-3-5-6-7-8-9-10-11-12-13-14-15-17-18(16-4-2)19-20-22-23-21-19/h18H,2-17H2,1H3,(H,20,21,22,23). The average Bonchev–Trinajstić information content (AvgIpc) is 3.09. The summed E-state index contributed by atoms with van der Waals surface area (Å²) in [4.78, 5) is 0. The zero-order valence-electron chi connectivity index (χ0n) is 15.2. The summed E-state index contributed by atoms with van der Waals surface area (Å²) in [6.07, 6.45) is 20.0. The number of nitrogens with one attached hydrogen (secondary N) is 1. The molecular formula is C19H37N4. The summed E-state index contributed by atoms with van der Waals surface area (Å²) in [5.74, 6) is 1.40. The first-order valence-corrected chi connectivity index (χ1v) is 9.91. The van der Waals surface area contributed by atoms with Crippen LogP contribution >= 0.6 is 0 Å². The first-order valence-electron chi connectivity index (χ1n) is 9.91. The number of unbranched alkanes of at least 4 members (excludes halogenated alkanes) is 11. The summed E-state index contributed by atoms with van der Waals surface area (Å²) in [5.41, 5.74) is 0. The van der Waals surface area contributed by atoms with E-state index in [1.165, 1.54) is 83.5 Å². The van der Waals surface area contributed by atoms with Crippen LogP contribution in [-0.4, -0.2) is 20.6 Å². The van der Waals surface area contributed by atoms with Gasteiger partial charge in [-0.25, -0.2) is 5.10 Å². The second-order valence-electron chi connectivity index (χ2n) is 6.80. The molecule has 1 rings (SSSR count). The van der Waals surface area contributed by atoms with E-state index in [0.717, 1.165) is 18.7 Å². The molecule has 23 heavy (non-hydrogen) atoms. The Morgan fingerprint density at radius 2 is 1.39 bits per heavy atom. The molecule has 0 bridgehead atoms. The van der Waals surface area contributed by atoms with Gasteiger partial charge in [0.1, 0.15) is 0 Å². The number of rotatable bonds is 16. The molecule has 4 nitrogen and oxygen atoms in total. The molecular weight excluding hydrogens is 284 g/mol. The molecule has 0 aliphatic rings. The van der Waals surface area contributed by atoms with E-state index >= 15 is 0 Å². The van der Waals surface area contributed by atoms with Gasteiger partial charge in [0.2, 0.25) is 0 Å². The fourth-order valence-electron chi connectivity index (χ4n) is 3.24. The fourth-order valence-corrected chi connectivity index (χ4v) is 3.24. The van der Waals surface area contributed by atoms with E-state index in [2.05, 4.69) is 34.5 Å². The van der Waals surface area contributed by atoms with E-state index in [4.69, 9.17) is 0 Å². The molecule has 133 valence electrons. The van der Waals surface area contributed by atoms with Gasteiger partial charge in [-0.05, 0) is 23.3 Å². The van der Waals surface area contributed by atoms with E-state index in [0.29, 0.717) is 5.92 Å². The summed E-state index contributed by atoms with van der Waals surface area (Å²) in [6, 6.07) is 0. The van der Waals surface area contributed by atoms with Gasteiger partial charge in [0.15, 0.2) is 5.82 Å². The van der Waals surface area contributed by atoms with Crippen molar-refractivity contribution < 1.29 is 0 Å². The zero-order valence-corrected chi connectivity index (χ0v) is 15.2. The maximum absolute atomic E-state index is 4.07. The molecule has 1 N–H and O–H groups in total. The van der Waals surface area contributed by atoms with E-state index < -0.39 is 0 Å². The molecule has 1 aromatic heterocycles. The molecule has 0 fully saturated rings. The van der Waals surface area contributed by atoms with E-state index in [1.54, 1.807) is 0 Å². The van der Waals surface area contributed by atoms with Crippen molar-refractivity contribution in [2.24, 2.45) is 0 Å². The lowest BCUT2D eigenvalue weighted by atomic mass is 9.95. The highest BCUT2D eigenvalue weighted by Gasteiger charge is 2.13. The molecule has 1 atom stereocenters. The molecule has 4 heteroatoms. The molecule has 0 aromatic carbocycles. The van der Waals surface area contributed by atoms with E-state index in [9.17, 15) is 0 Å². The van der Waals surface area contributed by atoms with E-state index in [-0.39, 0.29) is 0 Å². The Balaban J connectivity index is 1.90. The Morgan fingerprint density at radius 3 is 1.87 bits per heavy atom.